The summed E-state index contributed by atoms with van der Waals surface area (Å²) in [5.41, 5.74) is 0.562. The number of rotatable bonds is 5. The van der Waals surface area contributed by atoms with Crippen LogP contribution in [0.2, 0.25) is 0 Å². The van der Waals surface area contributed by atoms with Crippen LogP contribution >= 0.6 is 0 Å². The fraction of sp³-hybridized carbons (Fsp3) is 0.467. The Bertz CT molecular complexity index is 483. The second-order valence-corrected chi connectivity index (χ2v) is 4.98. The predicted molar refractivity (Wildman–Crippen MR) is 73.8 cm³/mol. The van der Waals surface area contributed by atoms with Gasteiger partial charge < -0.3 is 15.2 Å². The molecule has 108 valence electrons. The number of nitrogens with one attached hydrogen (secondary N) is 1. The largest absolute Gasteiger partial charge is 0.494 e. The highest BCUT2D eigenvalue weighted by Crippen LogP contribution is 2.26. The summed E-state index contributed by atoms with van der Waals surface area (Å²) in [4.78, 5) is 22.9. The number of benzene rings is 1. The van der Waals surface area contributed by atoms with Gasteiger partial charge in [-0.3, -0.25) is 9.59 Å². The lowest BCUT2D eigenvalue weighted by Gasteiger charge is -2.12. The molecule has 20 heavy (non-hydrogen) atoms. The second-order valence-electron chi connectivity index (χ2n) is 4.98. The van der Waals surface area contributed by atoms with Crippen molar-refractivity contribution < 1.29 is 19.4 Å². The smallest absolute Gasteiger partial charge is 0.306 e. The Balaban J connectivity index is 1.90. The monoisotopic (exact) mass is 277 g/mol. The molecular weight excluding hydrogens is 258 g/mol. The van der Waals surface area contributed by atoms with Crippen LogP contribution in [0.1, 0.15) is 36.5 Å². The van der Waals surface area contributed by atoms with Crippen molar-refractivity contribution in [3.63, 3.8) is 0 Å². The maximum atomic E-state index is 12.0. The lowest BCUT2D eigenvalue weighted by atomic mass is 10.1. The Hall–Kier alpha value is -2.04. The average Bonchev–Trinajstić information content (AvgIpc) is 2.88. The highest BCUT2D eigenvalue weighted by atomic mass is 16.5. The molecule has 1 aliphatic rings. The Morgan fingerprint density at radius 3 is 2.55 bits per heavy atom. The van der Waals surface area contributed by atoms with E-state index in [0.717, 1.165) is 12.2 Å². The zero-order chi connectivity index (χ0) is 14.5. The molecule has 0 spiro atoms. The SMILES string of the molecule is CCOc1ccc(C(=O)N[C@@H]2CC[C@H](C(=O)O)C2)cc1. The predicted octanol–water partition coefficient (Wildman–Crippen LogP) is 2.07. The fourth-order valence-electron chi connectivity index (χ4n) is 2.47. The number of hydrogen-bond donors (Lipinski definition) is 2. The Kier molecular flexibility index (Phi) is 4.61. The summed E-state index contributed by atoms with van der Waals surface area (Å²) in [6.45, 7) is 2.49. The van der Waals surface area contributed by atoms with Crippen LogP contribution in [-0.4, -0.2) is 29.6 Å². The third-order valence-corrected chi connectivity index (χ3v) is 3.54. The Morgan fingerprint density at radius 1 is 1.30 bits per heavy atom. The summed E-state index contributed by atoms with van der Waals surface area (Å²) in [6.07, 6.45) is 1.86. The van der Waals surface area contributed by atoms with E-state index >= 15 is 0 Å². The van der Waals surface area contributed by atoms with Crippen LogP contribution in [0, 0.1) is 5.92 Å². The first kappa shape index (κ1) is 14.4. The number of aliphatic carboxylic acids is 1. The summed E-state index contributed by atoms with van der Waals surface area (Å²) < 4.78 is 5.32. The highest BCUT2D eigenvalue weighted by molar-refractivity contribution is 5.94. The maximum absolute atomic E-state index is 12.0. The topological polar surface area (TPSA) is 75.6 Å². The zero-order valence-corrected chi connectivity index (χ0v) is 11.5. The van der Waals surface area contributed by atoms with E-state index in [1.165, 1.54) is 0 Å². The average molecular weight is 277 g/mol. The third-order valence-electron chi connectivity index (χ3n) is 3.54. The third kappa shape index (κ3) is 3.50. The molecule has 0 radical (unpaired) electrons. The van der Waals surface area contributed by atoms with Crippen molar-refractivity contribution in [2.45, 2.75) is 32.2 Å². The number of carbonyl (C=O) groups excluding carboxylic acids is 1. The molecule has 0 unspecified atom stereocenters. The first-order valence-electron chi connectivity index (χ1n) is 6.86. The maximum Gasteiger partial charge on any atom is 0.306 e. The van der Waals surface area contributed by atoms with Gasteiger partial charge >= 0.3 is 5.97 Å². The van der Waals surface area contributed by atoms with Gasteiger partial charge in [0.2, 0.25) is 0 Å². The van der Waals surface area contributed by atoms with Gasteiger partial charge in [-0.15, -0.1) is 0 Å². The van der Waals surface area contributed by atoms with Crippen LogP contribution in [0.15, 0.2) is 24.3 Å². The molecule has 1 amide bonds. The molecule has 1 saturated carbocycles. The zero-order valence-electron chi connectivity index (χ0n) is 11.5. The molecule has 0 aliphatic heterocycles. The van der Waals surface area contributed by atoms with Crippen molar-refractivity contribution in [1.29, 1.82) is 0 Å². The van der Waals surface area contributed by atoms with Crippen molar-refractivity contribution in [3.05, 3.63) is 29.8 Å². The summed E-state index contributed by atoms with van der Waals surface area (Å²) in [5.74, 6) is -0.539. The quantitative estimate of drug-likeness (QED) is 0.864. The highest BCUT2D eigenvalue weighted by Gasteiger charge is 2.30. The first-order chi connectivity index (χ1) is 9.60. The molecule has 0 aromatic heterocycles. The van der Waals surface area contributed by atoms with Gasteiger partial charge in [0, 0.05) is 11.6 Å². The number of hydrogen-bond acceptors (Lipinski definition) is 3. The molecule has 0 bridgehead atoms. The molecule has 1 aromatic rings. The van der Waals surface area contributed by atoms with E-state index in [1.807, 2.05) is 6.92 Å². The van der Waals surface area contributed by atoms with Gasteiger partial charge in [-0.1, -0.05) is 0 Å². The number of amides is 1. The van der Waals surface area contributed by atoms with Crippen LogP contribution in [0.25, 0.3) is 0 Å². The number of carboxylic acids is 1. The molecule has 0 heterocycles. The van der Waals surface area contributed by atoms with Gasteiger partial charge in [0.25, 0.3) is 5.91 Å². The Labute approximate surface area is 117 Å². The van der Waals surface area contributed by atoms with E-state index in [2.05, 4.69) is 5.32 Å². The lowest BCUT2D eigenvalue weighted by molar-refractivity contribution is -0.141. The van der Waals surface area contributed by atoms with Crippen LogP contribution in [0.5, 0.6) is 5.75 Å². The first-order valence-corrected chi connectivity index (χ1v) is 6.86. The fourth-order valence-corrected chi connectivity index (χ4v) is 2.47. The van der Waals surface area contributed by atoms with E-state index in [0.29, 0.717) is 25.0 Å². The van der Waals surface area contributed by atoms with Gasteiger partial charge in [-0.25, -0.2) is 0 Å². The summed E-state index contributed by atoms with van der Waals surface area (Å²) in [5, 5.41) is 11.8. The lowest BCUT2D eigenvalue weighted by Crippen LogP contribution is -2.33. The molecule has 2 N–H and O–H groups in total. The normalized spacial score (nSPS) is 21.4. The van der Waals surface area contributed by atoms with Crippen LogP contribution < -0.4 is 10.1 Å². The molecule has 2 atom stereocenters. The van der Waals surface area contributed by atoms with Crippen molar-refractivity contribution in [2.75, 3.05) is 6.61 Å². The standard InChI is InChI=1S/C15H19NO4/c1-2-20-13-7-4-10(5-8-13)14(17)16-12-6-3-11(9-12)15(18)19/h4-5,7-8,11-12H,2-3,6,9H2,1H3,(H,16,17)(H,18,19)/t11-,12+/m0/s1. The van der Waals surface area contributed by atoms with Crippen LogP contribution in [0.4, 0.5) is 0 Å². The van der Waals surface area contributed by atoms with Gasteiger partial charge in [0.1, 0.15) is 5.75 Å². The summed E-state index contributed by atoms with van der Waals surface area (Å²) >= 11 is 0. The second kappa shape index (κ2) is 6.41. The molecule has 0 saturated heterocycles. The van der Waals surface area contributed by atoms with E-state index in [1.54, 1.807) is 24.3 Å². The van der Waals surface area contributed by atoms with Crippen molar-refractivity contribution in [1.82, 2.24) is 5.32 Å². The number of carbonyl (C=O) groups is 2. The summed E-state index contributed by atoms with van der Waals surface area (Å²) in [7, 11) is 0. The molecule has 1 aliphatic carbocycles. The van der Waals surface area contributed by atoms with Gasteiger partial charge in [0.15, 0.2) is 0 Å². The van der Waals surface area contributed by atoms with Crippen LogP contribution in [0.3, 0.4) is 0 Å². The molecule has 1 aromatic carbocycles. The molecular formula is C15H19NO4. The molecule has 5 heteroatoms. The molecule has 1 fully saturated rings. The van der Waals surface area contributed by atoms with Gasteiger partial charge in [-0.2, -0.15) is 0 Å². The van der Waals surface area contributed by atoms with Crippen molar-refractivity contribution in [3.8, 4) is 5.75 Å². The van der Waals surface area contributed by atoms with Gasteiger partial charge in [-0.05, 0) is 50.5 Å². The van der Waals surface area contributed by atoms with E-state index in [-0.39, 0.29) is 17.9 Å². The minimum atomic E-state index is -0.775. The van der Waals surface area contributed by atoms with Crippen molar-refractivity contribution >= 4 is 11.9 Å². The van der Waals surface area contributed by atoms with E-state index < -0.39 is 5.97 Å². The molecule has 2 rings (SSSR count). The molecule has 5 nitrogen and oxygen atoms in total. The van der Waals surface area contributed by atoms with E-state index in [4.69, 9.17) is 9.84 Å². The van der Waals surface area contributed by atoms with Crippen molar-refractivity contribution in [2.24, 2.45) is 5.92 Å². The minimum Gasteiger partial charge on any atom is -0.494 e. The Morgan fingerprint density at radius 2 is 2.00 bits per heavy atom. The van der Waals surface area contributed by atoms with Crippen LogP contribution in [-0.2, 0) is 4.79 Å². The minimum absolute atomic E-state index is 0.0461. The summed E-state index contributed by atoms with van der Waals surface area (Å²) in [6, 6.07) is 6.89. The van der Waals surface area contributed by atoms with E-state index in [9.17, 15) is 9.59 Å². The number of ether oxygens (including phenoxy) is 1. The number of carboxylic acid groups (broad SMARTS) is 1. The van der Waals surface area contributed by atoms with Gasteiger partial charge in [0.05, 0.1) is 12.5 Å².